The van der Waals surface area contributed by atoms with Gasteiger partial charge in [-0.15, -0.1) is 11.3 Å². The molecule has 3 amide bonds. The first-order chi connectivity index (χ1) is 15.8. The molecule has 1 heterocycles. The molecule has 0 aliphatic rings. The summed E-state index contributed by atoms with van der Waals surface area (Å²) < 4.78 is 5.45. The fraction of sp³-hybridized carbons (Fsp3) is 0.250. The molecule has 3 rings (SSSR count). The minimum Gasteiger partial charge on any atom is -0.484 e. The van der Waals surface area contributed by atoms with Crippen LogP contribution in [0.15, 0.2) is 60.0 Å². The molecule has 3 aromatic rings. The van der Waals surface area contributed by atoms with E-state index in [2.05, 4.69) is 20.9 Å². The number of carbonyl (C=O) groups is 3. The number of aromatic nitrogens is 1. The number of para-hydroxylation sites is 1. The van der Waals surface area contributed by atoms with Crippen LogP contribution >= 0.6 is 11.3 Å². The van der Waals surface area contributed by atoms with Crippen molar-refractivity contribution >= 4 is 39.9 Å². The van der Waals surface area contributed by atoms with Crippen LogP contribution in [-0.4, -0.2) is 35.4 Å². The molecule has 33 heavy (non-hydrogen) atoms. The number of nitrogens with one attached hydrogen (secondary N) is 3. The van der Waals surface area contributed by atoms with E-state index in [-0.39, 0.29) is 30.2 Å². The molecule has 2 aromatic carbocycles. The third-order valence-corrected chi connectivity index (χ3v) is 5.37. The van der Waals surface area contributed by atoms with Crippen molar-refractivity contribution in [2.45, 2.75) is 26.8 Å². The average Bonchev–Trinajstić information content (AvgIpc) is 3.25. The Labute approximate surface area is 196 Å². The Morgan fingerprint density at radius 3 is 2.33 bits per heavy atom. The maximum Gasteiger partial charge on any atom is 0.258 e. The molecule has 0 radical (unpaired) electrons. The highest BCUT2D eigenvalue weighted by Crippen LogP contribution is 2.26. The molecule has 172 valence electrons. The highest BCUT2D eigenvalue weighted by Gasteiger charge is 2.25. The number of rotatable bonds is 9. The molecule has 0 bridgehead atoms. The summed E-state index contributed by atoms with van der Waals surface area (Å²) in [6.07, 6.45) is 0. The van der Waals surface area contributed by atoms with Gasteiger partial charge >= 0.3 is 0 Å². The van der Waals surface area contributed by atoms with Crippen molar-refractivity contribution in [1.82, 2.24) is 10.3 Å². The third-order valence-electron chi connectivity index (χ3n) is 4.61. The first kappa shape index (κ1) is 23.9. The average molecular weight is 467 g/mol. The molecular weight excluding hydrogens is 440 g/mol. The largest absolute Gasteiger partial charge is 0.484 e. The lowest BCUT2D eigenvalue weighted by Crippen LogP contribution is -2.48. The van der Waals surface area contributed by atoms with Gasteiger partial charge in [0.05, 0.1) is 5.69 Å². The number of carbonyl (C=O) groups excluding carboxylic acids is 3. The molecule has 0 spiro atoms. The standard InChI is InChI=1S/C24H26N4O4S/c1-15(2)22(27-21(30)13-32-19-7-5-4-6-8-19)23(31)28-24-26-20(14-33-24)17-9-11-18(12-10-17)25-16(3)29/h4-12,14-15,22H,13H2,1-3H3,(H,25,29)(H,27,30)(H,26,28,31). The van der Waals surface area contributed by atoms with E-state index >= 15 is 0 Å². The maximum absolute atomic E-state index is 12.8. The van der Waals surface area contributed by atoms with Gasteiger partial charge in [-0.25, -0.2) is 4.98 Å². The van der Waals surface area contributed by atoms with Crippen molar-refractivity contribution in [3.05, 3.63) is 60.0 Å². The Hall–Kier alpha value is -3.72. The Balaban J connectivity index is 1.58. The zero-order chi connectivity index (χ0) is 23.8. The van der Waals surface area contributed by atoms with Crippen LogP contribution < -0.4 is 20.7 Å². The minimum atomic E-state index is -0.735. The summed E-state index contributed by atoms with van der Waals surface area (Å²) in [6.45, 7) is 4.97. The van der Waals surface area contributed by atoms with Gasteiger partial charge in [-0.05, 0) is 30.2 Å². The topological polar surface area (TPSA) is 109 Å². The second-order valence-corrected chi connectivity index (χ2v) is 8.53. The zero-order valence-electron chi connectivity index (χ0n) is 18.6. The molecule has 0 saturated heterocycles. The fourth-order valence-electron chi connectivity index (χ4n) is 2.99. The molecule has 1 unspecified atom stereocenters. The molecule has 8 nitrogen and oxygen atoms in total. The van der Waals surface area contributed by atoms with Crippen molar-refractivity contribution in [1.29, 1.82) is 0 Å². The Kier molecular flexibility index (Phi) is 8.15. The van der Waals surface area contributed by atoms with E-state index in [1.807, 2.05) is 49.6 Å². The lowest BCUT2D eigenvalue weighted by molar-refractivity contribution is -0.128. The van der Waals surface area contributed by atoms with E-state index in [1.165, 1.54) is 18.3 Å². The molecule has 0 fully saturated rings. The third kappa shape index (κ3) is 7.15. The summed E-state index contributed by atoms with van der Waals surface area (Å²) in [5.41, 5.74) is 2.25. The highest BCUT2D eigenvalue weighted by molar-refractivity contribution is 7.14. The number of thiazole rings is 1. The van der Waals surface area contributed by atoms with Crippen molar-refractivity contribution in [2.24, 2.45) is 5.92 Å². The predicted molar refractivity (Wildman–Crippen MR) is 129 cm³/mol. The summed E-state index contributed by atoms with van der Waals surface area (Å²) in [7, 11) is 0. The molecule has 1 aromatic heterocycles. The second-order valence-electron chi connectivity index (χ2n) is 7.68. The molecule has 0 aliphatic carbocycles. The number of hydrogen-bond acceptors (Lipinski definition) is 6. The highest BCUT2D eigenvalue weighted by atomic mass is 32.1. The van der Waals surface area contributed by atoms with Gasteiger partial charge in [0.2, 0.25) is 11.8 Å². The van der Waals surface area contributed by atoms with Crippen molar-refractivity contribution < 1.29 is 19.1 Å². The van der Waals surface area contributed by atoms with E-state index in [0.717, 1.165) is 5.56 Å². The Morgan fingerprint density at radius 2 is 1.70 bits per heavy atom. The van der Waals surface area contributed by atoms with Gasteiger partial charge in [0.1, 0.15) is 11.8 Å². The summed E-state index contributed by atoms with van der Waals surface area (Å²) in [6, 6.07) is 15.5. The predicted octanol–water partition coefficient (Wildman–Crippen LogP) is 3.93. The van der Waals surface area contributed by atoms with Gasteiger partial charge in [-0.2, -0.15) is 0 Å². The van der Waals surface area contributed by atoms with Gasteiger partial charge in [0, 0.05) is 23.6 Å². The number of benzene rings is 2. The maximum atomic E-state index is 12.8. The van der Waals surface area contributed by atoms with Crippen LogP contribution in [0, 0.1) is 5.92 Å². The molecular formula is C24H26N4O4S. The number of ether oxygens (including phenoxy) is 1. The quantitative estimate of drug-likeness (QED) is 0.443. The van der Waals surface area contributed by atoms with Crippen LogP contribution in [0.25, 0.3) is 11.3 Å². The summed E-state index contributed by atoms with van der Waals surface area (Å²) in [4.78, 5) is 40.8. The lowest BCUT2D eigenvalue weighted by Gasteiger charge is -2.21. The van der Waals surface area contributed by atoms with Crippen molar-refractivity contribution in [3.63, 3.8) is 0 Å². The number of anilines is 2. The molecule has 1 atom stereocenters. The first-order valence-corrected chi connectivity index (χ1v) is 11.3. The Morgan fingerprint density at radius 1 is 1.00 bits per heavy atom. The first-order valence-electron chi connectivity index (χ1n) is 10.4. The SMILES string of the molecule is CC(=O)Nc1ccc(-c2csc(NC(=O)C(NC(=O)COc3ccccc3)C(C)C)n2)cc1. The van der Waals surface area contributed by atoms with Crippen molar-refractivity contribution in [2.75, 3.05) is 17.2 Å². The van der Waals surface area contributed by atoms with Crippen LogP contribution in [-0.2, 0) is 14.4 Å². The summed E-state index contributed by atoms with van der Waals surface area (Å²) in [5.74, 6) is -0.420. The van der Waals surface area contributed by atoms with Crippen LogP contribution in [0.2, 0.25) is 0 Å². The summed E-state index contributed by atoms with van der Waals surface area (Å²) in [5, 5.41) is 10.5. The monoisotopic (exact) mass is 466 g/mol. The van der Waals surface area contributed by atoms with Crippen LogP contribution in [0.5, 0.6) is 5.75 Å². The van der Waals surface area contributed by atoms with Gasteiger partial charge in [0.15, 0.2) is 11.7 Å². The fourth-order valence-corrected chi connectivity index (χ4v) is 3.71. The van der Waals surface area contributed by atoms with Gasteiger partial charge < -0.3 is 20.7 Å². The molecule has 0 saturated carbocycles. The number of hydrogen-bond donors (Lipinski definition) is 3. The van der Waals surface area contributed by atoms with Gasteiger partial charge in [0.25, 0.3) is 5.91 Å². The van der Waals surface area contributed by atoms with E-state index in [9.17, 15) is 14.4 Å². The summed E-state index contributed by atoms with van der Waals surface area (Å²) >= 11 is 1.29. The minimum absolute atomic E-state index is 0.133. The molecule has 9 heteroatoms. The van der Waals surface area contributed by atoms with E-state index in [4.69, 9.17) is 4.74 Å². The number of nitrogens with zero attached hydrogens (tertiary/aromatic N) is 1. The lowest BCUT2D eigenvalue weighted by atomic mass is 10.0. The van der Waals surface area contributed by atoms with Crippen molar-refractivity contribution in [3.8, 4) is 17.0 Å². The normalized spacial score (nSPS) is 11.5. The second kappa shape index (κ2) is 11.2. The van der Waals surface area contributed by atoms with Crippen LogP contribution in [0.4, 0.5) is 10.8 Å². The van der Waals surface area contributed by atoms with Crippen LogP contribution in [0.3, 0.4) is 0 Å². The molecule has 3 N–H and O–H groups in total. The van der Waals surface area contributed by atoms with Crippen LogP contribution in [0.1, 0.15) is 20.8 Å². The smallest absolute Gasteiger partial charge is 0.258 e. The molecule has 0 aliphatic heterocycles. The van der Waals surface area contributed by atoms with Gasteiger partial charge in [-0.1, -0.05) is 44.2 Å². The number of amides is 3. The zero-order valence-corrected chi connectivity index (χ0v) is 19.4. The van der Waals surface area contributed by atoms with E-state index < -0.39 is 6.04 Å². The Bertz CT molecular complexity index is 1100. The van der Waals surface area contributed by atoms with E-state index in [0.29, 0.717) is 22.3 Å². The van der Waals surface area contributed by atoms with E-state index in [1.54, 1.807) is 24.3 Å². The van der Waals surface area contributed by atoms with Gasteiger partial charge in [-0.3, -0.25) is 14.4 Å².